The van der Waals surface area contributed by atoms with E-state index in [4.69, 9.17) is 9.47 Å². The van der Waals surface area contributed by atoms with Crippen molar-refractivity contribution in [3.63, 3.8) is 0 Å². The number of hydrogen-bond acceptors (Lipinski definition) is 10. The molecule has 0 amide bonds. The fourth-order valence-corrected chi connectivity index (χ4v) is 3.39. The number of rotatable bonds is 2. The maximum absolute atomic E-state index is 10.0. The number of aliphatic hydroxyl groups is 8. The largest absolute Gasteiger partial charge is 0.394 e. The molecule has 0 bridgehead atoms. The van der Waals surface area contributed by atoms with E-state index in [9.17, 15) is 40.9 Å². The maximum Gasteiger partial charge on any atom is 0.147 e. The summed E-state index contributed by atoms with van der Waals surface area (Å²) in [7, 11) is 0. The second kappa shape index (κ2) is 10.7. The molecule has 8 N–H and O–H groups in total. The number of hydrogen-bond donors (Lipinski definition) is 8. The lowest BCUT2D eigenvalue weighted by Gasteiger charge is -2.37. The maximum atomic E-state index is 10.0. The molecule has 0 radical (unpaired) electrons. The molecule has 2 fully saturated rings. The Bertz CT molecular complexity index is 805. The summed E-state index contributed by atoms with van der Waals surface area (Å²) in [6, 6.07) is 6.53. The van der Waals surface area contributed by atoms with Crippen LogP contribution in [0.2, 0.25) is 0 Å². The van der Waals surface area contributed by atoms with E-state index in [1.54, 1.807) is 24.3 Å². The summed E-state index contributed by atoms with van der Waals surface area (Å²) in [5.41, 5.74) is 1.08. The highest BCUT2D eigenvalue weighted by Gasteiger charge is 2.43. The van der Waals surface area contributed by atoms with Gasteiger partial charge in [0.15, 0.2) is 0 Å². The minimum Gasteiger partial charge on any atom is -0.394 e. The van der Waals surface area contributed by atoms with E-state index in [0.717, 1.165) is 0 Å². The van der Waals surface area contributed by atoms with E-state index in [0.29, 0.717) is 11.1 Å². The predicted molar refractivity (Wildman–Crippen MR) is 108 cm³/mol. The molecule has 6 unspecified atom stereocenters. The molecular weight excluding hydrogens is 424 g/mol. The zero-order valence-corrected chi connectivity index (χ0v) is 16.9. The zero-order chi connectivity index (χ0) is 23.4. The first-order valence-electron chi connectivity index (χ1n) is 10.0. The molecule has 1 aromatic rings. The molecule has 0 aliphatic carbocycles. The van der Waals surface area contributed by atoms with Crippen LogP contribution < -0.4 is 0 Å². The van der Waals surface area contributed by atoms with Crippen LogP contribution in [-0.4, -0.2) is 115 Å². The van der Waals surface area contributed by atoms with Crippen LogP contribution >= 0.6 is 0 Å². The van der Waals surface area contributed by atoms with E-state index >= 15 is 0 Å². The van der Waals surface area contributed by atoms with Crippen molar-refractivity contribution in [2.45, 2.75) is 61.0 Å². The molecule has 2 saturated heterocycles. The quantitative estimate of drug-likeness (QED) is 0.207. The van der Waals surface area contributed by atoms with E-state index < -0.39 is 74.3 Å². The Balaban J connectivity index is 1.67. The van der Waals surface area contributed by atoms with Crippen LogP contribution in [0.3, 0.4) is 0 Å². The molecule has 10 nitrogen and oxygen atoms in total. The van der Waals surface area contributed by atoms with Crippen molar-refractivity contribution < 1.29 is 50.3 Å². The second-order valence-electron chi connectivity index (χ2n) is 7.61. The lowest BCUT2D eigenvalue weighted by Crippen LogP contribution is -2.58. The Morgan fingerprint density at radius 2 is 0.906 bits per heavy atom. The topological polar surface area (TPSA) is 180 Å². The van der Waals surface area contributed by atoms with Gasteiger partial charge in [-0.05, 0) is 24.3 Å². The summed E-state index contributed by atoms with van der Waals surface area (Å²) in [5, 5.41) is 77.6. The summed E-state index contributed by atoms with van der Waals surface area (Å²) < 4.78 is 10.7. The van der Waals surface area contributed by atoms with Gasteiger partial charge in [0.25, 0.3) is 0 Å². The van der Waals surface area contributed by atoms with Crippen molar-refractivity contribution in [2.75, 3.05) is 13.2 Å². The van der Waals surface area contributed by atoms with Crippen molar-refractivity contribution in [3.8, 4) is 23.7 Å². The molecule has 1 aromatic carbocycles. The Labute approximate surface area is 184 Å². The first-order valence-corrected chi connectivity index (χ1v) is 10.0. The van der Waals surface area contributed by atoms with Crippen LogP contribution in [0.4, 0.5) is 0 Å². The fraction of sp³-hybridized carbons (Fsp3) is 0.545. The third kappa shape index (κ3) is 5.29. The van der Waals surface area contributed by atoms with Crippen LogP contribution in [0, 0.1) is 23.7 Å². The van der Waals surface area contributed by atoms with E-state index in [1.165, 1.54) is 0 Å². The lowest BCUT2D eigenvalue weighted by atomic mass is 9.95. The van der Waals surface area contributed by atoms with Crippen LogP contribution in [0.1, 0.15) is 11.1 Å². The van der Waals surface area contributed by atoms with Gasteiger partial charge in [0.05, 0.1) is 13.2 Å². The van der Waals surface area contributed by atoms with Crippen LogP contribution in [0.15, 0.2) is 24.3 Å². The first kappa shape index (κ1) is 24.6. The molecule has 2 heterocycles. The fourth-order valence-electron chi connectivity index (χ4n) is 3.39. The van der Waals surface area contributed by atoms with Gasteiger partial charge in [0, 0.05) is 11.1 Å². The van der Waals surface area contributed by atoms with Crippen LogP contribution in [-0.2, 0) is 9.47 Å². The smallest absolute Gasteiger partial charge is 0.147 e. The average molecular weight is 450 g/mol. The van der Waals surface area contributed by atoms with Crippen molar-refractivity contribution in [1.82, 2.24) is 0 Å². The summed E-state index contributed by atoms with van der Waals surface area (Å²) in [5.74, 6) is 10.9. The van der Waals surface area contributed by atoms with Gasteiger partial charge in [-0.3, -0.25) is 0 Å². The standard InChI is InChI=1S/C22H26O10/c23-9-15-19(27)21(29)17(25)13(31-15)7-5-11-1-2-12(4-3-11)6-8-14-18(26)22(30)20(28)16(10-24)32-14/h1-4,13-30H,9-10H2/t13?,14?,15-,16?,17?,18-,19-,20-,21?,22?/m1/s1. The van der Waals surface area contributed by atoms with Gasteiger partial charge in [-0.1, -0.05) is 23.7 Å². The highest BCUT2D eigenvalue weighted by molar-refractivity contribution is 5.43. The number of ether oxygens (including phenoxy) is 2. The molecule has 0 spiro atoms. The van der Waals surface area contributed by atoms with Crippen molar-refractivity contribution in [3.05, 3.63) is 35.4 Å². The van der Waals surface area contributed by atoms with E-state index in [-0.39, 0.29) is 0 Å². The Kier molecular flexibility index (Phi) is 8.22. The molecular formula is C22H26O10. The first-order chi connectivity index (χ1) is 15.3. The Morgan fingerprint density at radius 3 is 1.22 bits per heavy atom. The molecule has 10 heteroatoms. The van der Waals surface area contributed by atoms with Gasteiger partial charge < -0.3 is 50.3 Å². The normalized spacial score (nSPS) is 39.4. The highest BCUT2D eigenvalue weighted by Crippen LogP contribution is 2.22. The minimum atomic E-state index is -1.50. The monoisotopic (exact) mass is 450 g/mol. The highest BCUT2D eigenvalue weighted by atomic mass is 16.5. The third-order valence-corrected chi connectivity index (χ3v) is 5.39. The van der Waals surface area contributed by atoms with Gasteiger partial charge in [-0.15, -0.1) is 0 Å². The SMILES string of the molecule is OCC1OC(C#Cc2ccc(C#CC3O[C@H](CO)[C@@H](O)C(O)C3O)cc2)[C@@H](O)C(O)[C@@H]1O. The van der Waals surface area contributed by atoms with Gasteiger partial charge in [-0.2, -0.15) is 0 Å². The molecule has 2 aliphatic rings. The van der Waals surface area contributed by atoms with Crippen LogP contribution in [0.5, 0.6) is 0 Å². The molecule has 32 heavy (non-hydrogen) atoms. The summed E-state index contributed by atoms with van der Waals surface area (Å²) in [6.45, 7) is -1.07. The van der Waals surface area contributed by atoms with Crippen LogP contribution in [0.25, 0.3) is 0 Å². The minimum absolute atomic E-state index is 0.537. The number of benzene rings is 1. The van der Waals surface area contributed by atoms with Gasteiger partial charge in [0.1, 0.15) is 61.0 Å². The van der Waals surface area contributed by atoms with E-state index in [1.807, 2.05) is 0 Å². The molecule has 0 saturated carbocycles. The lowest BCUT2D eigenvalue weighted by molar-refractivity contribution is -0.214. The molecule has 174 valence electrons. The average Bonchev–Trinajstić information content (AvgIpc) is 2.81. The summed E-state index contributed by atoms with van der Waals surface area (Å²) >= 11 is 0. The molecule has 2 aliphatic heterocycles. The van der Waals surface area contributed by atoms with Gasteiger partial charge in [0.2, 0.25) is 0 Å². The third-order valence-electron chi connectivity index (χ3n) is 5.39. The van der Waals surface area contributed by atoms with Crippen molar-refractivity contribution in [2.24, 2.45) is 0 Å². The van der Waals surface area contributed by atoms with Gasteiger partial charge in [-0.25, -0.2) is 0 Å². The van der Waals surface area contributed by atoms with E-state index in [2.05, 4.69) is 23.7 Å². The Hall–Kier alpha value is -2.06. The van der Waals surface area contributed by atoms with Gasteiger partial charge >= 0.3 is 0 Å². The molecule has 0 aromatic heterocycles. The summed E-state index contributed by atoms with van der Waals surface area (Å²) in [6.07, 6.45) is -13.1. The van der Waals surface area contributed by atoms with Crippen molar-refractivity contribution in [1.29, 1.82) is 0 Å². The van der Waals surface area contributed by atoms with Crippen molar-refractivity contribution >= 4 is 0 Å². The Morgan fingerprint density at radius 1 is 0.562 bits per heavy atom. The zero-order valence-electron chi connectivity index (χ0n) is 16.9. The summed E-state index contributed by atoms with van der Waals surface area (Å²) in [4.78, 5) is 0. The molecule has 10 atom stereocenters. The predicted octanol–water partition coefficient (Wildman–Crippen LogP) is -3.93. The number of aliphatic hydroxyl groups excluding tert-OH is 8. The second-order valence-corrected chi connectivity index (χ2v) is 7.61. The molecule has 3 rings (SSSR count).